The van der Waals surface area contributed by atoms with Gasteiger partial charge in [0.05, 0.1) is 26.2 Å². The van der Waals surface area contributed by atoms with Gasteiger partial charge in [-0.25, -0.2) is 4.79 Å². The van der Waals surface area contributed by atoms with Crippen molar-refractivity contribution in [2.45, 2.75) is 46.5 Å². The monoisotopic (exact) mass is 579 g/mol. The highest BCUT2D eigenvalue weighted by Gasteiger charge is 2.32. The zero-order valence-electron chi connectivity index (χ0n) is 23.1. The minimum Gasteiger partial charge on any atom is -0.496 e. The van der Waals surface area contributed by atoms with Crippen LogP contribution < -0.4 is 4.74 Å². The lowest BCUT2D eigenvalue weighted by molar-refractivity contribution is -0.140. The molecule has 6 nitrogen and oxygen atoms in total. The second-order valence-corrected chi connectivity index (χ2v) is 8.79. The molecule has 0 fully saturated rings. The molecule has 216 valence electrons. The number of alkyl halides is 3. The summed E-state index contributed by atoms with van der Waals surface area (Å²) in [6, 6.07) is 15.1. The van der Waals surface area contributed by atoms with E-state index in [1.54, 1.807) is 49.4 Å². The second kappa shape index (κ2) is 15.2. The van der Waals surface area contributed by atoms with E-state index in [0.29, 0.717) is 33.0 Å². The number of hydrogen-bond acceptors (Lipinski definition) is 5. The van der Waals surface area contributed by atoms with Crippen molar-refractivity contribution < 1.29 is 37.0 Å². The first-order valence-electron chi connectivity index (χ1n) is 12.7. The van der Waals surface area contributed by atoms with Crippen LogP contribution in [-0.2, 0) is 40.0 Å². The number of hydrogen-bond donors (Lipinski definition) is 0. The van der Waals surface area contributed by atoms with E-state index in [2.05, 4.69) is 0 Å². The van der Waals surface area contributed by atoms with Crippen LogP contribution in [0.3, 0.4) is 0 Å². The highest BCUT2D eigenvalue weighted by molar-refractivity contribution is 6.30. The van der Waals surface area contributed by atoms with Gasteiger partial charge in [-0.15, -0.1) is 0 Å². The Labute approximate surface area is 237 Å². The van der Waals surface area contributed by atoms with Crippen LogP contribution in [0.4, 0.5) is 18.0 Å². The van der Waals surface area contributed by atoms with Crippen LogP contribution in [0.5, 0.6) is 5.75 Å². The number of benzene rings is 3. The molecule has 0 aromatic heterocycles. The maximum atomic E-state index is 13.6. The Morgan fingerprint density at radius 2 is 1.65 bits per heavy atom. The van der Waals surface area contributed by atoms with E-state index in [9.17, 15) is 22.8 Å². The Kier molecular flexibility index (Phi) is 12.3. The molecule has 0 saturated carbocycles. The normalized spacial score (nSPS) is 10.7. The molecule has 3 aromatic rings. The molecule has 0 spiro atoms. The summed E-state index contributed by atoms with van der Waals surface area (Å²) in [7, 11) is 2.71. The van der Waals surface area contributed by atoms with Crippen molar-refractivity contribution >= 4 is 23.7 Å². The third kappa shape index (κ3) is 8.91. The third-order valence-electron chi connectivity index (χ3n) is 5.82. The number of carbonyl (C=O) groups is 2. The van der Waals surface area contributed by atoms with Crippen LogP contribution in [0.25, 0.3) is 11.1 Å². The fourth-order valence-electron chi connectivity index (χ4n) is 3.85. The number of esters is 1. The summed E-state index contributed by atoms with van der Waals surface area (Å²) in [6.45, 7) is 5.68. The first kappa shape index (κ1) is 32.5. The lowest BCUT2D eigenvalue weighted by atomic mass is 9.94. The number of halogens is 4. The highest BCUT2D eigenvalue weighted by Crippen LogP contribution is 2.38. The topological polar surface area (TPSA) is 65.1 Å². The van der Waals surface area contributed by atoms with Gasteiger partial charge in [-0.2, -0.15) is 13.2 Å². The Bertz CT molecular complexity index is 1300. The molecular weight excluding hydrogens is 547 g/mol. The summed E-state index contributed by atoms with van der Waals surface area (Å²) < 4.78 is 56.5. The van der Waals surface area contributed by atoms with Gasteiger partial charge in [0.15, 0.2) is 0 Å². The van der Waals surface area contributed by atoms with Gasteiger partial charge in [0.2, 0.25) is 0 Å². The Balaban J connectivity index is 0.00000274. The van der Waals surface area contributed by atoms with Crippen molar-refractivity contribution in [3.8, 4) is 16.9 Å². The summed E-state index contributed by atoms with van der Waals surface area (Å²) in [6.07, 6.45) is -5.31. The zero-order chi connectivity index (χ0) is 29.9. The molecule has 40 heavy (non-hydrogen) atoms. The van der Waals surface area contributed by atoms with Crippen LogP contribution in [0.1, 0.15) is 43.0 Å². The maximum absolute atomic E-state index is 13.6. The number of nitrogens with zero attached hydrogens (tertiary/aromatic N) is 1. The van der Waals surface area contributed by atoms with E-state index in [1.165, 1.54) is 25.2 Å². The maximum Gasteiger partial charge on any atom is 0.416 e. The van der Waals surface area contributed by atoms with Gasteiger partial charge in [-0.1, -0.05) is 49.7 Å². The third-order valence-corrected chi connectivity index (χ3v) is 6.05. The number of amides is 1. The van der Waals surface area contributed by atoms with Gasteiger partial charge in [-0.05, 0) is 65.6 Å². The number of carbonyl (C=O) groups excluding carboxylic acids is 2. The molecule has 3 rings (SSSR count). The van der Waals surface area contributed by atoms with E-state index in [0.717, 1.165) is 12.1 Å². The van der Waals surface area contributed by atoms with Crippen molar-refractivity contribution in [3.63, 3.8) is 0 Å². The van der Waals surface area contributed by atoms with E-state index in [1.807, 2.05) is 13.8 Å². The summed E-state index contributed by atoms with van der Waals surface area (Å²) in [5.74, 6) is -0.0698. The van der Waals surface area contributed by atoms with Crippen LogP contribution in [-0.4, -0.2) is 37.7 Å². The first-order valence-corrected chi connectivity index (χ1v) is 13.0. The molecule has 0 aliphatic heterocycles. The molecule has 0 aliphatic carbocycles. The fraction of sp³-hybridized carbons (Fsp3) is 0.333. The fourth-order valence-corrected chi connectivity index (χ4v) is 4.07. The SMILES string of the molecule is CC.CCN(Cc1cc(C(F)(F)F)ccc1-c1cc(CC(=O)OC)ccc1OC)C(=O)OCc1cccc(Cl)c1. The molecule has 0 bridgehead atoms. The molecule has 0 heterocycles. The summed E-state index contributed by atoms with van der Waals surface area (Å²) >= 11 is 5.98. The molecule has 0 N–H and O–H groups in total. The van der Waals surface area contributed by atoms with Gasteiger partial charge < -0.3 is 19.1 Å². The molecule has 0 radical (unpaired) electrons. The van der Waals surface area contributed by atoms with Crippen LogP contribution >= 0.6 is 11.6 Å². The molecular formula is C30H33ClF3NO5. The standard InChI is InChI=1S/C28H27ClF3NO5.C2H6/c1-4-33(27(35)38-17-19-6-5-7-22(29)12-19)16-20-15-21(28(30,31)32)9-10-23(20)24-13-18(14-26(34)37-3)8-11-25(24)36-2;1-2/h5-13,15H,4,14,16-17H2,1-3H3;1-2H3. The predicted octanol–water partition coefficient (Wildman–Crippen LogP) is 7.93. The minimum atomic E-state index is -4.59. The van der Waals surface area contributed by atoms with Gasteiger partial charge in [0, 0.05) is 23.7 Å². The predicted molar refractivity (Wildman–Crippen MR) is 148 cm³/mol. The van der Waals surface area contributed by atoms with E-state index in [-0.39, 0.29) is 31.7 Å². The smallest absolute Gasteiger partial charge is 0.416 e. The van der Waals surface area contributed by atoms with Crippen molar-refractivity contribution in [3.05, 3.63) is 87.9 Å². The van der Waals surface area contributed by atoms with Crippen LogP contribution in [0, 0.1) is 0 Å². The number of rotatable bonds is 9. The largest absolute Gasteiger partial charge is 0.496 e. The lowest BCUT2D eigenvalue weighted by Gasteiger charge is -2.23. The quantitative estimate of drug-likeness (QED) is 0.241. The minimum absolute atomic E-state index is 0.0274. The first-order chi connectivity index (χ1) is 19.0. The molecule has 3 aromatic carbocycles. The van der Waals surface area contributed by atoms with Crippen LogP contribution in [0.15, 0.2) is 60.7 Å². The average molecular weight is 580 g/mol. The zero-order valence-corrected chi connectivity index (χ0v) is 23.9. The second-order valence-electron chi connectivity index (χ2n) is 8.36. The Hall–Kier alpha value is -3.72. The average Bonchev–Trinajstić information content (AvgIpc) is 2.95. The van der Waals surface area contributed by atoms with Crippen molar-refractivity contribution in [1.29, 1.82) is 0 Å². The number of methoxy groups -OCH3 is 2. The molecule has 0 atom stereocenters. The Morgan fingerprint density at radius 1 is 0.925 bits per heavy atom. The van der Waals surface area contributed by atoms with E-state index < -0.39 is 23.8 Å². The van der Waals surface area contributed by atoms with Gasteiger partial charge >= 0.3 is 18.2 Å². The molecule has 0 aliphatic rings. The van der Waals surface area contributed by atoms with Gasteiger partial charge in [0.1, 0.15) is 12.4 Å². The van der Waals surface area contributed by atoms with Crippen molar-refractivity contribution in [1.82, 2.24) is 4.90 Å². The van der Waals surface area contributed by atoms with Gasteiger partial charge in [-0.3, -0.25) is 4.79 Å². The van der Waals surface area contributed by atoms with E-state index >= 15 is 0 Å². The highest BCUT2D eigenvalue weighted by atomic mass is 35.5. The summed E-state index contributed by atoms with van der Waals surface area (Å²) in [5, 5.41) is 0.489. The Morgan fingerprint density at radius 3 is 2.25 bits per heavy atom. The van der Waals surface area contributed by atoms with Crippen molar-refractivity contribution in [2.75, 3.05) is 20.8 Å². The molecule has 0 unspecified atom stereocenters. The molecule has 1 amide bonds. The molecule has 0 saturated heterocycles. The lowest BCUT2D eigenvalue weighted by Crippen LogP contribution is -2.31. The van der Waals surface area contributed by atoms with Crippen molar-refractivity contribution in [2.24, 2.45) is 0 Å². The summed E-state index contributed by atoms with van der Waals surface area (Å²) in [5.41, 5.74) is 1.53. The van der Waals surface area contributed by atoms with Crippen LogP contribution in [0.2, 0.25) is 5.02 Å². The van der Waals surface area contributed by atoms with Gasteiger partial charge in [0.25, 0.3) is 0 Å². The number of ether oxygens (including phenoxy) is 3. The summed E-state index contributed by atoms with van der Waals surface area (Å²) in [4.78, 5) is 26.0. The van der Waals surface area contributed by atoms with E-state index in [4.69, 9.17) is 25.8 Å². The molecule has 10 heteroatoms.